The number of aryl methyl sites for hydroxylation is 1. The Labute approximate surface area is 82.3 Å². The van der Waals surface area contributed by atoms with E-state index < -0.39 is 6.10 Å². The van der Waals surface area contributed by atoms with Crippen LogP contribution in [0.25, 0.3) is 0 Å². The highest BCUT2D eigenvalue weighted by Gasteiger charge is 2.15. The highest BCUT2D eigenvalue weighted by molar-refractivity contribution is 6.31. The van der Waals surface area contributed by atoms with Gasteiger partial charge in [-0.25, -0.2) is 0 Å². The Morgan fingerprint density at radius 3 is 3.00 bits per heavy atom. The van der Waals surface area contributed by atoms with E-state index in [9.17, 15) is 5.11 Å². The van der Waals surface area contributed by atoms with Gasteiger partial charge in [0.25, 0.3) is 0 Å². The highest BCUT2D eigenvalue weighted by Crippen LogP contribution is 2.24. The summed E-state index contributed by atoms with van der Waals surface area (Å²) in [5, 5.41) is 14.1. The van der Waals surface area contributed by atoms with Crippen LogP contribution in [0.2, 0.25) is 5.02 Å². The van der Waals surface area contributed by atoms with Crippen LogP contribution in [0.5, 0.6) is 0 Å². The minimum atomic E-state index is -0.629. The highest BCUT2D eigenvalue weighted by atomic mass is 35.5. The van der Waals surface area contributed by atoms with Gasteiger partial charge in [0.05, 0.1) is 23.0 Å². The number of aromatic nitrogens is 2. The summed E-state index contributed by atoms with van der Waals surface area (Å²) in [6.07, 6.45) is 7.01. The molecule has 1 aromatic heterocycles. The minimum absolute atomic E-state index is 0.479. The lowest BCUT2D eigenvalue weighted by molar-refractivity contribution is 0.160. The zero-order chi connectivity index (χ0) is 9.84. The number of aliphatic hydroxyl groups excluding tert-OH is 1. The van der Waals surface area contributed by atoms with Gasteiger partial charge < -0.3 is 5.11 Å². The molecule has 1 rings (SSSR count). The first-order chi connectivity index (χ1) is 6.16. The molecule has 0 amide bonds. The fourth-order valence-electron chi connectivity index (χ4n) is 1.15. The van der Waals surface area contributed by atoms with E-state index in [1.165, 1.54) is 6.20 Å². The first kappa shape index (κ1) is 10.1. The molecule has 1 N–H and O–H groups in total. The van der Waals surface area contributed by atoms with Gasteiger partial charge in [-0.2, -0.15) is 5.10 Å². The molecule has 0 spiro atoms. The molecule has 70 valence electrons. The summed E-state index contributed by atoms with van der Waals surface area (Å²) < 4.78 is 1.56. The zero-order valence-corrected chi connectivity index (χ0v) is 8.12. The molecule has 1 unspecified atom stereocenters. The van der Waals surface area contributed by atoms with Crippen molar-refractivity contribution < 1.29 is 5.11 Å². The van der Waals surface area contributed by atoms with Crippen LogP contribution in [-0.4, -0.2) is 14.9 Å². The van der Waals surface area contributed by atoms with Crippen LogP contribution < -0.4 is 0 Å². The molecule has 1 heterocycles. The van der Waals surface area contributed by atoms with Gasteiger partial charge in [-0.05, 0) is 6.42 Å². The van der Waals surface area contributed by atoms with Gasteiger partial charge in [-0.15, -0.1) is 12.3 Å². The van der Waals surface area contributed by atoms with Crippen molar-refractivity contribution in [2.24, 2.45) is 7.05 Å². The number of hydrogen-bond acceptors (Lipinski definition) is 2. The second-order valence-electron chi connectivity index (χ2n) is 2.76. The van der Waals surface area contributed by atoms with E-state index in [2.05, 4.69) is 11.0 Å². The topological polar surface area (TPSA) is 38.1 Å². The second kappa shape index (κ2) is 4.31. The molecule has 0 bridgehead atoms. The molecule has 3 nitrogen and oxygen atoms in total. The van der Waals surface area contributed by atoms with Crippen molar-refractivity contribution in [1.82, 2.24) is 9.78 Å². The lowest BCUT2D eigenvalue weighted by Crippen LogP contribution is -2.05. The summed E-state index contributed by atoms with van der Waals surface area (Å²) in [7, 11) is 1.74. The molecule has 0 aromatic carbocycles. The van der Waals surface area contributed by atoms with Crippen LogP contribution in [0.3, 0.4) is 0 Å². The van der Waals surface area contributed by atoms with Crippen molar-refractivity contribution in [1.29, 1.82) is 0 Å². The molecule has 0 fully saturated rings. The molecule has 0 aliphatic heterocycles. The third-order valence-corrected chi connectivity index (χ3v) is 2.11. The predicted octanol–water partition coefficient (Wildman–Crippen LogP) is 1.52. The van der Waals surface area contributed by atoms with E-state index in [1.54, 1.807) is 11.7 Å². The average Bonchev–Trinajstić information content (AvgIpc) is 2.42. The van der Waals surface area contributed by atoms with Crippen molar-refractivity contribution in [3.05, 3.63) is 16.9 Å². The largest absolute Gasteiger partial charge is 0.387 e. The molecule has 0 aliphatic carbocycles. The first-order valence-electron chi connectivity index (χ1n) is 3.95. The van der Waals surface area contributed by atoms with E-state index >= 15 is 0 Å². The Kier molecular flexibility index (Phi) is 3.35. The molecule has 1 atom stereocenters. The molecule has 0 aliphatic rings. The van der Waals surface area contributed by atoms with Crippen LogP contribution in [-0.2, 0) is 7.05 Å². The Morgan fingerprint density at radius 2 is 2.54 bits per heavy atom. The van der Waals surface area contributed by atoms with E-state index in [4.69, 9.17) is 18.0 Å². The number of hydrogen-bond donors (Lipinski definition) is 1. The normalized spacial score (nSPS) is 12.5. The smallest absolute Gasteiger partial charge is 0.0980 e. The van der Waals surface area contributed by atoms with Gasteiger partial charge >= 0.3 is 0 Å². The first-order valence-corrected chi connectivity index (χ1v) is 4.33. The van der Waals surface area contributed by atoms with Crippen molar-refractivity contribution in [2.45, 2.75) is 18.9 Å². The number of halogens is 1. The fraction of sp³-hybridized carbons (Fsp3) is 0.444. The lowest BCUT2D eigenvalue weighted by Gasteiger charge is -2.09. The SMILES string of the molecule is C#CCCC(O)c1c(Cl)cnn1C. The standard InChI is InChI=1S/C9H11ClN2O/c1-3-4-5-8(13)9-7(10)6-11-12(9)2/h1,6,8,13H,4-5H2,2H3. The van der Waals surface area contributed by atoms with Crippen molar-refractivity contribution in [3.63, 3.8) is 0 Å². The quantitative estimate of drug-likeness (QED) is 0.748. The average molecular weight is 199 g/mol. The molecule has 0 saturated heterocycles. The Hall–Kier alpha value is -0.980. The monoisotopic (exact) mass is 198 g/mol. The minimum Gasteiger partial charge on any atom is -0.387 e. The van der Waals surface area contributed by atoms with Crippen LogP contribution in [0.4, 0.5) is 0 Å². The Balaban J connectivity index is 2.76. The fourth-order valence-corrected chi connectivity index (χ4v) is 1.44. The van der Waals surface area contributed by atoms with E-state index in [0.29, 0.717) is 23.6 Å². The lowest BCUT2D eigenvalue weighted by atomic mass is 10.1. The van der Waals surface area contributed by atoms with Crippen LogP contribution in [0.1, 0.15) is 24.6 Å². The predicted molar refractivity (Wildman–Crippen MR) is 51.2 cm³/mol. The van der Waals surface area contributed by atoms with Gasteiger partial charge in [0, 0.05) is 13.5 Å². The van der Waals surface area contributed by atoms with E-state index in [-0.39, 0.29) is 0 Å². The van der Waals surface area contributed by atoms with Gasteiger partial charge in [-0.3, -0.25) is 4.68 Å². The van der Waals surface area contributed by atoms with Crippen molar-refractivity contribution >= 4 is 11.6 Å². The second-order valence-corrected chi connectivity index (χ2v) is 3.17. The van der Waals surface area contributed by atoms with E-state index in [1.807, 2.05) is 0 Å². The maximum absolute atomic E-state index is 9.66. The molecule has 0 radical (unpaired) electrons. The van der Waals surface area contributed by atoms with Gasteiger partial charge in [0.1, 0.15) is 0 Å². The molecular weight excluding hydrogens is 188 g/mol. The van der Waals surface area contributed by atoms with Crippen LogP contribution in [0.15, 0.2) is 6.20 Å². The summed E-state index contributed by atoms with van der Waals surface area (Å²) >= 11 is 5.82. The molecule has 1 aromatic rings. The Morgan fingerprint density at radius 1 is 1.85 bits per heavy atom. The van der Waals surface area contributed by atoms with Gasteiger partial charge in [-0.1, -0.05) is 11.6 Å². The number of terminal acetylenes is 1. The summed E-state index contributed by atoms with van der Waals surface area (Å²) in [4.78, 5) is 0. The molecular formula is C9H11ClN2O. The molecule has 4 heteroatoms. The van der Waals surface area contributed by atoms with Crippen LogP contribution >= 0.6 is 11.6 Å². The van der Waals surface area contributed by atoms with Crippen molar-refractivity contribution in [2.75, 3.05) is 0 Å². The van der Waals surface area contributed by atoms with Crippen molar-refractivity contribution in [3.8, 4) is 12.3 Å². The third-order valence-electron chi connectivity index (χ3n) is 1.82. The maximum Gasteiger partial charge on any atom is 0.0980 e. The third kappa shape index (κ3) is 2.24. The number of rotatable bonds is 3. The summed E-state index contributed by atoms with van der Waals surface area (Å²) in [6.45, 7) is 0. The van der Waals surface area contributed by atoms with Gasteiger partial charge in [0.2, 0.25) is 0 Å². The van der Waals surface area contributed by atoms with E-state index in [0.717, 1.165) is 0 Å². The summed E-state index contributed by atoms with van der Waals surface area (Å²) in [5.41, 5.74) is 0.622. The molecule has 13 heavy (non-hydrogen) atoms. The zero-order valence-electron chi connectivity index (χ0n) is 7.37. The number of aliphatic hydroxyl groups is 1. The maximum atomic E-state index is 9.66. The van der Waals surface area contributed by atoms with Crippen LogP contribution in [0, 0.1) is 12.3 Å². The molecule has 0 saturated carbocycles. The summed E-state index contributed by atoms with van der Waals surface area (Å²) in [5.74, 6) is 2.47. The number of nitrogens with zero attached hydrogens (tertiary/aromatic N) is 2. The van der Waals surface area contributed by atoms with Gasteiger partial charge in [0.15, 0.2) is 0 Å². The Bertz CT molecular complexity index is 307. The summed E-state index contributed by atoms with van der Waals surface area (Å²) in [6, 6.07) is 0.